The number of esters is 1. The molecule has 4 saturated carbocycles. The van der Waals surface area contributed by atoms with E-state index in [1.807, 2.05) is 0 Å². The minimum atomic E-state index is -0.676. The van der Waals surface area contributed by atoms with E-state index >= 15 is 0 Å². The van der Waals surface area contributed by atoms with Gasteiger partial charge in [-0.25, -0.2) is 0 Å². The minimum absolute atomic E-state index is 0.0120. The summed E-state index contributed by atoms with van der Waals surface area (Å²) < 4.78 is 18.3. The maximum atomic E-state index is 13.0. The molecule has 10 atom stereocenters. The highest BCUT2D eigenvalue weighted by Crippen LogP contribution is 2.80. The Kier molecular flexibility index (Phi) is 3.75. The Morgan fingerprint density at radius 2 is 1.80 bits per heavy atom. The van der Waals surface area contributed by atoms with Crippen LogP contribution in [0.4, 0.5) is 0 Å². The molecular formula is C24H33ClO5. The molecule has 0 N–H and O–H groups in total. The maximum absolute atomic E-state index is 13.0. The molecule has 0 aromatic rings. The quantitative estimate of drug-likeness (QED) is 0.379. The second kappa shape index (κ2) is 5.63. The Hall–Kier alpha value is -0.650. The highest BCUT2D eigenvalue weighted by Gasteiger charge is 2.87. The van der Waals surface area contributed by atoms with Crippen LogP contribution < -0.4 is 0 Å². The van der Waals surface area contributed by atoms with E-state index in [4.69, 9.17) is 25.8 Å². The SMILES string of the molecule is CC(=O)O[C@H]1CC[C@]2(C)[C@H]3CC[C@@]4(C)[C@@H](C[C@@]5(C)O[C@]54C(=O)CCl)[C@@H]3CC3OC32C1. The second-order valence-corrected chi connectivity index (χ2v) is 12.0. The summed E-state index contributed by atoms with van der Waals surface area (Å²) in [7, 11) is 0. The lowest BCUT2D eigenvalue weighted by molar-refractivity contribution is -0.161. The molecule has 2 aliphatic heterocycles. The Bertz CT molecular complexity index is 845. The summed E-state index contributed by atoms with van der Waals surface area (Å²) in [6.07, 6.45) is 7.21. The van der Waals surface area contributed by atoms with Crippen molar-refractivity contribution in [2.75, 3.05) is 5.88 Å². The fraction of sp³-hybridized carbons (Fsp3) is 0.917. The van der Waals surface area contributed by atoms with Gasteiger partial charge in [0.15, 0.2) is 11.4 Å². The highest BCUT2D eigenvalue weighted by atomic mass is 35.5. The third-order valence-electron chi connectivity index (χ3n) is 10.8. The molecular weight excluding hydrogens is 404 g/mol. The standard InChI is InChI=1S/C24H33ClO5/c1-13(26)28-14-5-7-20(2)16-6-8-21(3)17(15(16)9-19-23(20,10-14)29-19)11-22(4)24(21,30-22)18(27)12-25/h14-17,19H,5-12H2,1-4H3/t14-,15+,16-,17-,19?,20+,21-,22+,23?,24-/m0/s1. The molecule has 6 aliphatic rings. The van der Waals surface area contributed by atoms with Crippen LogP contribution in [0.5, 0.6) is 0 Å². The molecule has 6 heteroatoms. The predicted octanol–water partition coefficient (Wildman–Crippen LogP) is 4.04. The van der Waals surface area contributed by atoms with Gasteiger partial charge in [-0.15, -0.1) is 11.6 Å². The van der Waals surface area contributed by atoms with Gasteiger partial charge in [0.1, 0.15) is 17.3 Å². The van der Waals surface area contributed by atoms with Crippen LogP contribution in [0.1, 0.15) is 72.6 Å². The van der Waals surface area contributed by atoms with Crippen LogP contribution in [-0.2, 0) is 23.8 Å². The molecule has 166 valence electrons. The van der Waals surface area contributed by atoms with Gasteiger partial charge in [-0.05, 0) is 63.2 Å². The van der Waals surface area contributed by atoms with E-state index in [1.165, 1.54) is 6.92 Å². The van der Waals surface area contributed by atoms with Crippen molar-refractivity contribution in [3.63, 3.8) is 0 Å². The third kappa shape index (κ3) is 2.00. The number of hydrogen-bond acceptors (Lipinski definition) is 5. The van der Waals surface area contributed by atoms with E-state index < -0.39 is 5.60 Å². The van der Waals surface area contributed by atoms with Crippen LogP contribution in [0.3, 0.4) is 0 Å². The van der Waals surface area contributed by atoms with Gasteiger partial charge in [0.2, 0.25) is 0 Å². The van der Waals surface area contributed by atoms with Crippen molar-refractivity contribution in [2.24, 2.45) is 28.6 Å². The van der Waals surface area contributed by atoms with Crippen molar-refractivity contribution < 1.29 is 23.8 Å². The van der Waals surface area contributed by atoms with Gasteiger partial charge in [0.25, 0.3) is 0 Å². The molecule has 6 fully saturated rings. The van der Waals surface area contributed by atoms with E-state index in [0.717, 1.165) is 44.9 Å². The fourth-order valence-electron chi connectivity index (χ4n) is 9.51. The molecule has 0 aromatic heterocycles. The van der Waals surface area contributed by atoms with E-state index in [2.05, 4.69) is 20.8 Å². The average Bonchev–Trinajstić information content (AvgIpc) is 3.53. The summed E-state index contributed by atoms with van der Waals surface area (Å²) in [4.78, 5) is 24.5. The van der Waals surface area contributed by atoms with Gasteiger partial charge in [-0.1, -0.05) is 13.8 Å². The number of carbonyl (C=O) groups is 2. The van der Waals surface area contributed by atoms with E-state index in [-0.39, 0.29) is 51.9 Å². The van der Waals surface area contributed by atoms with Crippen LogP contribution in [0.15, 0.2) is 0 Å². The highest BCUT2D eigenvalue weighted by molar-refractivity contribution is 6.29. The summed E-state index contributed by atoms with van der Waals surface area (Å²) in [6, 6.07) is 0. The first-order chi connectivity index (χ1) is 14.1. The Labute approximate surface area is 183 Å². The topological polar surface area (TPSA) is 68.4 Å². The van der Waals surface area contributed by atoms with Crippen molar-refractivity contribution in [1.29, 1.82) is 0 Å². The number of fused-ring (bicyclic) bond motifs is 6. The second-order valence-electron chi connectivity index (χ2n) is 11.7. The predicted molar refractivity (Wildman–Crippen MR) is 110 cm³/mol. The molecule has 0 bridgehead atoms. The van der Waals surface area contributed by atoms with Crippen LogP contribution in [0, 0.1) is 28.6 Å². The first kappa shape index (κ1) is 20.0. The number of ketones is 1. The molecule has 5 nitrogen and oxygen atoms in total. The van der Waals surface area contributed by atoms with Crippen LogP contribution in [-0.4, -0.2) is 46.6 Å². The Morgan fingerprint density at radius 1 is 1.07 bits per heavy atom. The number of ether oxygens (including phenoxy) is 3. The number of alkyl halides is 1. The number of Topliss-reactive ketones (excluding diaryl/α,β-unsaturated/α-hetero) is 1. The Morgan fingerprint density at radius 3 is 2.50 bits per heavy atom. The zero-order valence-corrected chi connectivity index (χ0v) is 19.2. The number of halogens is 1. The number of hydrogen-bond donors (Lipinski definition) is 0. The van der Waals surface area contributed by atoms with E-state index in [9.17, 15) is 9.59 Å². The smallest absolute Gasteiger partial charge is 0.302 e. The van der Waals surface area contributed by atoms with E-state index in [0.29, 0.717) is 17.8 Å². The normalized spacial score (nSPS) is 59.7. The molecule has 6 rings (SSSR count). The van der Waals surface area contributed by atoms with Crippen molar-refractivity contribution in [1.82, 2.24) is 0 Å². The van der Waals surface area contributed by atoms with Crippen molar-refractivity contribution in [3.05, 3.63) is 0 Å². The third-order valence-corrected chi connectivity index (χ3v) is 11.0. The maximum Gasteiger partial charge on any atom is 0.302 e. The van der Waals surface area contributed by atoms with Crippen molar-refractivity contribution in [2.45, 2.75) is 102 Å². The zero-order valence-electron chi connectivity index (χ0n) is 18.5. The number of epoxide rings is 2. The number of rotatable bonds is 3. The summed E-state index contributed by atoms with van der Waals surface area (Å²) in [5, 5.41) is 0. The summed E-state index contributed by atoms with van der Waals surface area (Å²) in [5.74, 6) is 1.57. The van der Waals surface area contributed by atoms with Gasteiger partial charge in [-0.2, -0.15) is 0 Å². The molecule has 2 unspecified atom stereocenters. The van der Waals surface area contributed by atoms with Crippen molar-refractivity contribution in [3.8, 4) is 0 Å². The molecule has 30 heavy (non-hydrogen) atoms. The lowest BCUT2D eigenvalue weighted by atomic mass is 9.44. The molecule has 0 radical (unpaired) electrons. The van der Waals surface area contributed by atoms with Crippen LogP contribution in [0.25, 0.3) is 0 Å². The minimum Gasteiger partial charge on any atom is -0.462 e. The first-order valence-electron chi connectivity index (χ1n) is 11.7. The number of carbonyl (C=O) groups excluding carboxylic acids is 2. The van der Waals surface area contributed by atoms with Gasteiger partial charge in [0.05, 0.1) is 12.0 Å². The first-order valence-corrected chi connectivity index (χ1v) is 12.2. The lowest BCUT2D eigenvalue weighted by Gasteiger charge is -2.59. The molecule has 0 amide bonds. The average molecular weight is 437 g/mol. The monoisotopic (exact) mass is 436 g/mol. The lowest BCUT2D eigenvalue weighted by Crippen LogP contribution is -2.60. The molecule has 2 heterocycles. The van der Waals surface area contributed by atoms with Gasteiger partial charge >= 0.3 is 5.97 Å². The molecule has 0 aromatic carbocycles. The molecule has 1 spiro atoms. The summed E-state index contributed by atoms with van der Waals surface area (Å²) in [6.45, 7) is 8.36. The van der Waals surface area contributed by atoms with E-state index in [1.54, 1.807) is 0 Å². The largest absolute Gasteiger partial charge is 0.462 e. The van der Waals surface area contributed by atoms with Crippen molar-refractivity contribution >= 4 is 23.4 Å². The zero-order chi connectivity index (χ0) is 21.3. The van der Waals surface area contributed by atoms with Crippen LogP contribution in [0.2, 0.25) is 0 Å². The van der Waals surface area contributed by atoms with Crippen LogP contribution >= 0.6 is 11.6 Å². The molecule has 4 aliphatic carbocycles. The Balaban J connectivity index is 1.32. The van der Waals surface area contributed by atoms with Gasteiger partial charge in [0, 0.05) is 24.2 Å². The summed E-state index contributed by atoms with van der Waals surface area (Å²) >= 11 is 6.05. The van der Waals surface area contributed by atoms with Gasteiger partial charge < -0.3 is 14.2 Å². The molecule has 2 saturated heterocycles. The summed E-state index contributed by atoms with van der Waals surface area (Å²) in [5.41, 5.74) is -1.15. The van der Waals surface area contributed by atoms with Gasteiger partial charge in [-0.3, -0.25) is 9.59 Å². The fourth-order valence-corrected chi connectivity index (χ4v) is 9.70.